The second-order valence-electron chi connectivity index (χ2n) is 8.60. The normalized spacial score (nSPS) is 16.0. The van der Waals surface area contributed by atoms with Crippen LogP contribution in [0.25, 0.3) is 0 Å². The van der Waals surface area contributed by atoms with Crippen molar-refractivity contribution in [1.82, 2.24) is 14.9 Å². The second-order valence-corrected chi connectivity index (χ2v) is 8.60. The van der Waals surface area contributed by atoms with Gasteiger partial charge in [0.05, 0.1) is 29.6 Å². The Kier molecular flexibility index (Phi) is 6.33. The Morgan fingerprint density at radius 2 is 2.07 bits per heavy atom. The van der Waals surface area contributed by atoms with Gasteiger partial charge in [-0.3, -0.25) is 9.69 Å². The van der Waals surface area contributed by atoms with Crippen LogP contribution in [0.15, 0.2) is 29.1 Å². The fourth-order valence-electron chi connectivity index (χ4n) is 3.46. The molecule has 1 aliphatic heterocycles. The molecule has 0 bridgehead atoms. The number of benzene rings is 1. The SMILES string of the molecule is Cc1ccccc1Cc1nc2c(c(=O)[nH]1)CN(CC(O)COC(C)(C)C)CC2. The highest BCUT2D eigenvalue weighted by Crippen LogP contribution is 2.17. The summed E-state index contributed by atoms with van der Waals surface area (Å²) in [5.74, 6) is 0.713. The predicted octanol–water partition coefficient (Wildman–Crippen LogP) is 2.20. The fraction of sp³-hybridized carbons (Fsp3) is 0.545. The first-order valence-corrected chi connectivity index (χ1v) is 9.91. The molecule has 28 heavy (non-hydrogen) atoms. The first-order valence-electron chi connectivity index (χ1n) is 9.91. The lowest BCUT2D eigenvalue weighted by molar-refractivity contribution is -0.0570. The van der Waals surface area contributed by atoms with E-state index in [0.717, 1.165) is 12.2 Å². The van der Waals surface area contributed by atoms with Gasteiger partial charge in [0, 0.05) is 32.5 Å². The highest BCUT2D eigenvalue weighted by molar-refractivity contribution is 5.29. The third kappa shape index (κ3) is 5.50. The van der Waals surface area contributed by atoms with E-state index in [2.05, 4.69) is 28.9 Å². The molecule has 0 saturated heterocycles. The van der Waals surface area contributed by atoms with Crippen LogP contribution in [0.4, 0.5) is 0 Å². The van der Waals surface area contributed by atoms with Gasteiger partial charge in [-0.05, 0) is 38.8 Å². The number of aliphatic hydroxyl groups excluding tert-OH is 1. The van der Waals surface area contributed by atoms with Crippen LogP contribution < -0.4 is 5.56 Å². The molecule has 1 atom stereocenters. The summed E-state index contributed by atoms with van der Waals surface area (Å²) in [5.41, 5.74) is 3.61. The molecule has 2 heterocycles. The number of hydrogen-bond acceptors (Lipinski definition) is 5. The minimum absolute atomic E-state index is 0.0706. The van der Waals surface area contributed by atoms with Gasteiger partial charge in [0.2, 0.25) is 0 Å². The summed E-state index contributed by atoms with van der Waals surface area (Å²) in [5, 5.41) is 10.2. The number of H-pyrrole nitrogens is 1. The third-order valence-electron chi connectivity index (χ3n) is 4.99. The highest BCUT2D eigenvalue weighted by atomic mass is 16.5. The molecule has 0 spiro atoms. The van der Waals surface area contributed by atoms with Gasteiger partial charge in [-0.1, -0.05) is 24.3 Å². The van der Waals surface area contributed by atoms with Gasteiger partial charge < -0.3 is 14.8 Å². The van der Waals surface area contributed by atoms with Crippen LogP contribution in [0.1, 0.15) is 49.0 Å². The van der Waals surface area contributed by atoms with Crippen LogP contribution in [0.2, 0.25) is 0 Å². The van der Waals surface area contributed by atoms with E-state index < -0.39 is 6.10 Å². The Bertz CT molecular complexity index is 870. The Hall–Kier alpha value is -2.02. The third-order valence-corrected chi connectivity index (χ3v) is 4.99. The van der Waals surface area contributed by atoms with Crippen LogP contribution >= 0.6 is 0 Å². The van der Waals surface area contributed by atoms with Gasteiger partial charge in [-0.15, -0.1) is 0 Å². The first-order chi connectivity index (χ1) is 13.2. The number of aromatic amines is 1. The van der Waals surface area contributed by atoms with Crippen LogP contribution in [-0.2, 0) is 24.1 Å². The van der Waals surface area contributed by atoms with Crippen molar-refractivity contribution in [1.29, 1.82) is 0 Å². The maximum atomic E-state index is 12.6. The van der Waals surface area contributed by atoms with E-state index in [9.17, 15) is 9.90 Å². The number of aliphatic hydroxyl groups is 1. The second kappa shape index (κ2) is 8.55. The van der Waals surface area contributed by atoms with Gasteiger partial charge in [0.1, 0.15) is 5.82 Å². The molecule has 1 aromatic carbocycles. The molecule has 6 nitrogen and oxygen atoms in total. The fourth-order valence-corrected chi connectivity index (χ4v) is 3.46. The molecule has 3 rings (SSSR count). The molecule has 2 aromatic rings. The van der Waals surface area contributed by atoms with Gasteiger partial charge in [0.25, 0.3) is 5.56 Å². The van der Waals surface area contributed by atoms with Crippen molar-refractivity contribution in [3.8, 4) is 0 Å². The van der Waals surface area contributed by atoms with Gasteiger partial charge in [-0.25, -0.2) is 4.98 Å². The van der Waals surface area contributed by atoms with E-state index in [0.29, 0.717) is 37.3 Å². The highest BCUT2D eigenvalue weighted by Gasteiger charge is 2.23. The topological polar surface area (TPSA) is 78.5 Å². The van der Waals surface area contributed by atoms with Crippen molar-refractivity contribution in [2.24, 2.45) is 0 Å². The minimum Gasteiger partial charge on any atom is -0.389 e. The number of hydrogen-bond donors (Lipinski definition) is 2. The molecule has 1 aromatic heterocycles. The summed E-state index contributed by atoms with van der Waals surface area (Å²) in [4.78, 5) is 22.4. The minimum atomic E-state index is -0.576. The predicted molar refractivity (Wildman–Crippen MR) is 110 cm³/mol. The number of β-amino-alcohol motifs (C(OH)–C–C–N with tert-alkyl or cyclic N) is 1. The van der Waals surface area contributed by atoms with Crippen molar-refractivity contribution in [3.63, 3.8) is 0 Å². The number of nitrogens with one attached hydrogen (secondary N) is 1. The van der Waals surface area contributed by atoms with E-state index in [1.807, 2.05) is 32.9 Å². The van der Waals surface area contributed by atoms with E-state index >= 15 is 0 Å². The summed E-state index contributed by atoms with van der Waals surface area (Å²) in [6.45, 7) is 10.0. The molecule has 0 amide bonds. The quantitative estimate of drug-likeness (QED) is 0.797. The van der Waals surface area contributed by atoms with Crippen molar-refractivity contribution < 1.29 is 9.84 Å². The number of aryl methyl sites for hydroxylation is 1. The Morgan fingerprint density at radius 1 is 1.32 bits per heavy atom. The summed E-state index contributed by atoms with van der Waals surface area (Å²) >= 11 is 0. The summed E-state index contributed by atoms with van der Waals surface area (Å²) < 4.78 is 5.65. The van der Waals surface area contributed by atoms with Crippen molar-refractivity contribution in [3.05, 3.63) is 62.8 Å². The number of nitrogens with zero attached hydrogens (tertiary/aromatic N) is 2. The molecule has 0 aliphatic carbocycles. The molecule has 6 heteroatoms. The largest absolute Gasteiger partial charge is 0.389 e. The van der Waals surface area contributed by atoms with Crippen molar-refractivity contribution in [2.45, 2.75) is 58.8 Å². The lowest BCUT2D eigenvalue weighted by atomic mass is 10.0. The van der Waals surface area contributed by atoms with Gasteiger partial charge in [-0.2, -0.15) is 0 Å². The molecule has 0 fully saturated rings. The first kappa shape index (κ1) is 20.7. The van der Waals surface area contributed by atoms with Gasteiger partial charge >= 0.3 is 0 Å². The molecule has 0 saturated carbocycles. The lowest BCUT2D eigenvalue weighted by Crippen LogP contribution is -2.42. The summed E-state index contributed by atoms with van der Waals surface area (Å²) in [7, 11) is 0. The monoisotopic (exact) mass is 385 g/mol. The Morgan fingerprint density at radius 3 is 2.79 bits per heavy atom. The molecule has 0 radical (unpaired) electrons. The van der Waals surface area contributed by atoms with Crippen LogP contribution in [-0.4, -0.2) is 51.4 Å². The molecule has 152 valence electrons. The van der Waals surface area contributed by atoms with E-state index in [4.69, 9.17) is 9.72 Å². The molecule has 1 aliphatic rings. The molecule has 2 N–H and O–H groups in total. The smallest absolute Gasteiger partial charge is 0.255 e. The van der Waals surface area contributed by atoms with E-state index in [1.165, 1.54) is 11.1 Å². The van der Waals surface area contributed by atoms with Crippen molar-refractivity contribution >= 4 is 0 Å². The van der Waals surface area contributed by atoms with Gasteiger partial charge in [0.15, 0.2) is 0 Å². The summed E-state index contributed by atoms with van der Waals surface area (Å²) in [6.07, 6.45) is 0.766. The standard InChI is InChI=1S/C22H31N3O3/c1-15-7-5-6-8-16(15)11-20-23-19-9-10-25(13-18(19)21(27)24-20)12-17(26)14-28-22(2,3)4/h5-8,17,26H,9-14H2,1-4H3,(H,23,24,27). The van der Waals surface area contributed by atoms with E-state index in [-0.39, 0.29) is 17.8 Å². The average molecular weight is 386 g/mol. The average Bonchev–Trinajstić information content (AvgIpc) is 2.62. The zero-order valence-corrected chi connectivity index (χ0v) is 17.3. The van der Waals surface area contributed by atoms with Crippen LogP contribution in [0.3, 0.4) is 0 Å². The number of rotatable bonds is 6. The maximum absolute atomic E-state index is 12.6. The zero-order chi connectivity index (χ0) is 20.3. The maximum Gasteiger partial charge on any atom is 0.255 e. The number of fused-ring (bicyclic) bond motifs is 1. The van der Waals surface area contributed by atoms with Crippen molar-refractivity contribution in [2.75, 3.05) is 19.7 Å². The molecular formula is C22H31N3O3. The molecular weight excluding hydrogens is 354 g/mol. The summed E-state index contributed by atoms with van der Waals surface area (Å²) in [6, 6.07) is 8.15. The number of aromatic nitrogens is 2. The Balaban J connectivity index is 1.66. The zero-order valence-electron chi connectivity index (χ0n) is 17.3. The number of ether oxygens (including phenoxy) is 1. The van der Waals surface area contributed by atoms with E-state index in [1.54, 1.807) is 0 Å². The van der Waals surface area contributed by atoms with Crippen LogP contribution in [0, 0.1) is 6.92 Å². The Labute approximate surface area is 166 Å². The van der Waals surface area contributed by atoms with Crippen LogP contribution in [0.5, 0.6) is 0 Å². The lowest BCUT2D eigenvalue weighted by Gasteiger charge is -2.30. The molecule has 1 unspecified atom stereocenters.